The Labute approximate surface area is 81.7 Å². The van der Waals surface area contributed by atoms with Crippen molar-refractivity contribution in [3.63, 3.8) is 0 Å². The van der Waals surface area contributed by atoms with Crippen LogP contribution in [0.1, 0.15) is 52.4 Å². The third-order valence-electron chi connectivity index (χ3n) is 3.71. The number of alkyl halides is 1. The molecule has 12 heavy (non-hydrogen) atoms. The summed E-state index contributed by atoms with van der Waals surface area (Å²) in [5.41, 5.74) is 0.604. The van der Waals surface area contributed by atoms with Gasteiger partial charge in [-0.2, -0.15) is 0 Å². The average molecular weight is 189 g/mol. The zero-order valence-corrected chi connectivity index (χ0v) is 9.16. The first-order valence-electron chi connectivity index (χ1n) is 5.25. The van der Waals surface area contributed by atoms with Crippen LogP contribution in [0.2, 0.25) is 0 Å². The molecule has 0 bridgehead atoms. The maximum absolute atomic E-state index is 5.73. The summed E-state index contributed by atoms with van der Waals surface area (Å²) in [7, 11) is 0. The van der Waals surface area contributed by atoms with Gasteiger partial charge >= 0.3 is 0 Å². The summed E-state index contributed by atoms with van der Waals surface area (Å²) in [6, 6.07) is 0. The first-order valence-corrected chi connectivity index (χ1v) is 5.78. The van der Waals surface area contributed by atoms with E-state index in [4.69, 9.17) is 11.6 Å². The molecule has 0 spiro atoms. The van der Waals surface area contributed by atoms with Crippen LogP contribution in [-0.4, -0.2) is 5.88 Å². The molecule has 2 atom stereocenters. The summed E-state index contributed by atoms with van der Waals surface area (Å²) < 4.78 is 0. The van der Waals surface area contributed by atoms with E-state index in [0.717, 1.165) is 11.8 Å². The molecule has 0 heterocycles. The predicted octanol–water partition coefficient (Wildman–Crippen LogP) is 4.22. The lowest BCUT2D eigenvalue weighted by molar-refractivity contribution is 0.117. The number of hydrogen-bond donors (Lipinski definition) is 0. The molecule has 1 fully saturated rings. The van der Waals surface area contributed by atoms with Gasteiger partial charge in [-0.25, -0.2) is 0 Å². The Morgan fingerprint density at radius 1 is 1.42 bits per heavy atom. The van der Waals surface area contributed by atoms with Crippen molar-refractivity contribution in [3.8, 4) is 0 Å². The summed E-state index contributed by atoms with van der Waals surface area (Å²) in [6.07, 6.45) is 8.25. The maximum Gasteiger partial charge on any atom is 0.0223 e. The van der Waals surface area contributed by atoms with E-state index in [1.165, 1.54) is 38.5 Å². The minimum Gasteiger partial charge on any atom is -0.127 e. The van der Waals surface area contributed by atoms with Crippen molar-refractivity contribution in [2.45, 2.75) is 52.4 Å². The van der Waals surface area contributed by atoms with Crippen molar-refractivity contribution in [1.82, 2.24) is 0 Å². The van der Waals surface area contributed by atoms with Crippen LogP contribution in [0.5, 0.6) is 0 Å². The van der Waals surface area contributed by atoms with E-state index in [2.05, 4.69) is 13.8 Å². The van der Waals surface area contributed by atoms with Gasteiger partial charge < -0.3 is 0 Å². The SMILES string of the molecule is CC1CCCCC1(C)CCCCl. The highest BCUT2D eigenvalue weighted by molar-refractivity contribution is 6.17. The van der Waals surface area contributed by atoms with Gasteiger partial charge in [0.2, 0.25) is 0 Å². The van der Waals surface area contributed by atoms with Gasteiger partial charge in [0.15, 0.2) is 0 Å². The minimum atomic E-state index is 0.604. The molecule has 1 heteroatoms. The molecule has 0 aromatic rings. The van der Waals surface area contributed by atoms with Crippen LogP contribution in [0.4, 0.5) is 0 Å². The Morgan fingerprint density at radius 2 is 2.17 bits per heavy atom. The molecule has 1 saturated carbocycles. The molecule has 1 rings (SSSR count). The lowest BCUT2D eigenvalue weighted by Gasteiger charge is -2.40. The highest BCUT2D eigenvalue weighted by Crippen LogP contribution is 2.44. The van der Waals surface area contributed by atoms with Crippen molar-refractivity contribution in [3.05, 3.63) is 0 Å². The van der Waals surface area contributed by atoms with Gasteiger partial charge in [-0.15, -0.1) is 11.6 Å². The second-order valence-electron chi connectivity index (χ2n) is 4.59. The fourth-order valence-electron chi connectivity index (χ4n) is 2.42. The molecule has 0 N–H and O–H groups in total. The van der Waals surface area contributed by atoms with E-state index >= 15 is 0 Å². The Balaban J connectivity index is 2.42. The molecule has 1 aliphatic carbocycles. The highest BCUT2D eigenvalue weighted by atomic mass is 35.5. The molecular formula is C11H21Cl. The Morgan fingerprint density at radius 3 is 2.75 bits per heavy atom. The van der Waals surface area contributed by atoms with E-state index < -0.39 is 0 Å². The van der Waals surface area contributed by atoms with E-state index in [9.17, 15) is 0 Å². The van der Waals surface area contributed by atoms with Crippen molar-refractivity contribution in [2.24, 2.45) is 11.3 Å². The van der Waals surface area contributed by atoms with Crippen LogP contribution < -0.4 is 0 Å². The Kier molecular flexibility index (Phi) is 3.89. The summed E-state index contributed by atoms with van der Waals surface area (Å²) in [4.78, 5) is 0. The lowest BCUT2D eigenvalue weighted by atomic mass is 9.66. The third-order valence-corrected chi connectivity index (χ3v) is 3.97. The number of halogens is 1. The maximum atomic E-state index is 5.73. The van der Waals surface area contributed by atoms with Crippen molar-refractivity contribution in [1.29, 1.82) is 0 Å². The van der Waals surface area contributed by atoms with E-state index in [1.807, 2.05) is 0 Å². The predicted molar refractivity (Wildman–Crippen MR) is 55.7 cm³/mol. The largest absolute Gasteiger partial charge is 0.127 e. The van der Waals surface area contributed by atoms with E-state index in [0.29, 0.717) is 5.41 Å². The zero-order chi connectivity index (χ0) is 9.03. The molecule has 0 radical (unpaired) electrons. The Bertz CT molecular complexity index is 133. The van der Waals surface area contributed by atoms with Gasteiger partial charge in [-0.3, -0.25) is 0 Å². The fourth-order valence-corrected chi connectivity index (χ4v) is 2.55. The minimum absolute atomic E-state index is 0.604. The fraction of sp³-hybridized carbons (Fsp3) is 1.00. The number of hydrogen-bond acceptors (Lipinski definition) is 0. The average Bonchev–Trinajstić information content (AvgIpc) is 2.07. The lowest BCUT2D eigenvalue weighted by Crippen LogP contribution is -2.28. The van der Waals surface area contributed by atoms with Crippen molar-refractivity contribution < 1.29 is 0 Å². The smallest absolute Gasteiger partial charge is 0.0223 e. The molecule has 0 nitrogen and oxygen atoms in total. The Hall–Kier alpha value is 0.290. The monoisotopic (exact) mass is 188 g/mol. The van der Waals surface area contributed by atoms with Crippen molar-refractivity contribution >= 4 is 11.6 Å². The molecule has 0 saturated heterocycles. The zero-order valence-electron chi connectivity index (χ0n) is 8.41. The van der Waals surface area contributed by atoms with E-state index in [-0.39, 0.29) is 0 Å². The van der Waals surface area contributed by atoms with Gasteiger partial charge in [0.05, 0.1) is 0 Å². The van der Waals surface area contributed by atoms with Gasteiger partial charge in [0.25, 0.3) is 0 Å². The normalized spacial score (nSPS) is 36.8. The van der Waals surface area contributed by atoms with Crippen LogP contribution in [0.15, 0.2) is 0 Å². The van der Waals surface area contributed by atoms with E-state index in [1.54, 1.807) is 0 Å². The van der Waals surface area contributed by atoms with Crippen LogP contribution in [0.3, 0.4) is 0 Å². The second-order valence-corrected chi connectivity index (χ2v) is 4.97. The topological polar surface area (TPSA) is 0 Å². The molecule has 72 valence electrons. The quantitative estimate of drug-likeness (QED) is 0.582. The van der Waals surface area contributed by atoms with Crippen molar-refractivity contribution in [2.75, 3.05) is 5.88 Å². The van der Waals surface area contributed by atoms with Crippen LogP contribution in [0.25, 0.3) is 0 Å². The highest BCUT2D eigenvalue weighted by Gasteiger charge is 2.32. The molecular weight excluding hydrogens is 168 g/mol. The third kappa shape index (κ3) is 2.39. The van der Waals surface area contributed by atoms with Gasteiger partial charge in [-0.1, -0.05) is 33.1 Å². The van der Waals surface area contributed by atoms with Crippen LogP contribution in [-0.2, 0) is 0 Å². The summed E-state index contributed by atoms with van der Waals surface area (Å²) >= 11 is 5.73. The molecule has 2 unspecified atom stereocenters. The summed E-state index contributed by atoms with van der Waals surface area (Å²) in [5.74, 6) is 1.75. The molecule has 0 amide bonds. The molecule has 0 aromatic carbocycles. The standard InChI is InChI=1S/C11H21Cl/c1-10-6-3-4-7-11(10,2)8-5-9-12/h10H,3-9H2,1-2H3. The first kappa shape index (κ1) is 10.4. The van der Waals surface area contributed by atoms with Crippen LogP contribution >= 0.6 is 11.6 Å². The molecule has 0 aliphatic heterocycles. The van der Waals surface area contributed by atoms with Crippen LogP contribution in [0, 0.1) is 11.3 Å². The molecule has 1 aliphatic rings. The van der Waals surface area contributed by atoms with Gasteiger partial charge in [0, 0.05) is 5.88 Å². The van der Waals surface area contributed by atoms with Gasteiger partial charge in [0.1, 0.15) is 0 Å². The summed E-state index contributed by atoms with van der Waals surface area (Å²) in [5, 5.41) is 0. The number of rotatable bonds is 3. The van der Waals surface area contributed by atoms with Gasteiger partial charge in [-0.05, 0) is 30.6 Å². The first-order chi connectivity index (χ1) is 5.69. The summed E-state index contributed by atoms with van der Waals surface area (Å²) in [6.45, 7) is 4.86. The molecule has 0 aromatic heterocycles. The second kappa shape index (κ2) is 4.50.